The molecular weight excluding hydrogens is 356 g/mol. The lowest BCUT2D eigenvalue weighted by molar-refractivity contribution is 0.0988. The third-order valence-corrected chi connectivity index (χ3v) is 4.80. The Balaban J connectivity index is 2.36. The summed E-state index contributed by atoms with van der Waals surface area (Å²) in [6.45, 7) is 1.73. The van der Waals surface area contributed by atoms with Crippen molar-refractivity contribution < 1.29 is 13.2 Å². The summed E-state index contributed by atoms with van der Waals surface area (Å²) in [5, 5.41) is 0. The van der Waals surface area contributed by atoms with Crippen molar-refractivity contribution in [3.8, 4) is 0 Å². The third-order valence-electron chi connectivity index (χ3n) is 2.80. The Bertz CT molecular complexity index is 775. The molecule has 0 aliphatic heterocycles. The van der Waals surface area contributed by atoms with Gasteiger partial charge in [0, 0.05) is 24.4 Å². The minimum atomic E-state index is -3.76. The number of hydrogen-bond acceptors (Lipinski definition) is 4. The van der Waals surface area contributed by atoms with Crippen molar-refractivity contribution in [1.82, 2.24) is 4.98 Å². The SMILES string of the molecule is CCC(=O)c1cccc(S(=O)(=O)Nc2ccncc2Br)c1. The van der Waals surface area contributed by atoms with Gasteiger partial charge in [-0.05, 0) is 34.1 Å². The van der Waals surface area contributed by atoms with Gasteiger partial charge >= 0.3 is 0 Å². The topological polar surface area (TPSA) is 76.1 Å². The zero-order chi connectivity index (χ0) is 15.5. The monoisotopic (exact) mass is 368 g/mol. The molecule has 2 rings (SSSR count). The predicted octanol–water partition coefficient (Wildman–Crippen LogP) is 3.24. The molecule has 2 aromatic rings. The minimum Gasteiger partial charge on any atom is -0.294 e. The van der Waals surface area contributed by atoms with Crippen LogP contribution in [0.15, 0.2) is 52.1 Å². The molecule has 5 nitrogen and oxygen atoms in total. The number of benzene rings is 1. The molecule has 0 saturated heterocycles. The molecule has 0 atom stereocenters. The van der Waals surface area contributed by atoms with E-state index in [1.807, 2.05) is 0 Å². The maximum atomic E-state index is 12.4. The van der Waals surface area contributed by atoms with Gasteiger partial charge in [-0.1, -0.05) is 19.1 Å². The van der Waals surface area contributed by atoms with Gasteiger partial charge in [0.1, 0.15) is 0 Å². The fraction of sp³-hybridized carbons (Fsp3) is 0.143. The van der Waals surface area contributed by atoms with Crippen molar-refractivity contribution in [1.29, 1.82) is 0 Å². The molecule has 0 fully saturated rings. The number of aromatic nitrogens is 1. The largest absolute Gasteiger partial charge is 0.294 e. The van der Waals surface area contributed by atoms with E-state index in [1.54, 1.807) is 25.1 Å². The number of carbonyl (C=O) groups is 1. The molecule has 7 heteroatoms. The van der Waals surface area contributed by atoms with E-state index >= 15 is 0 Å². The normalized spacial score (nSPS) is 11.1. The van der Waals surface area contributed by atoms with Crippen LogP contribution in [-0.4, -0.2) is 19.2 Å². The Morgan fingerprint density at radius 2 is 2.10 bits per heavy atom. The van der Waals surface area contributed by atoms with Gasteiger partial charge in [0.05, 0.1) is 15.1 Å². The van der Waals surface area contributed by atoms with Crippen LogP contribution >= 0.6 is 15.9 Å². The third kappa shape index (κ3) is 3.68. The number of hydrogen-bond donors (Lipinski definition) is 1. The molecule has 1 aromatic heterocycles. The number of nitrogens with one attached hydrogen (secondary N) is 1. The van der Waals surface area contributed by atoms with Gasteiger partial charge in [0.2, 0.25) is 0 Å². The van der Waals surface area contributed by atoms with Crippen molar-refractivity contribution in [3.05, 3.63) is 52.8 Å². The first-order valence-electron chi connectivity index (χ1n) is 6.19. The lowest BCUT2D eigenvalue weighted by Crippen LogP contribution is -2.14. The highest BCUT2D eigenvalue weighted by Gasteiger charge is 2.17. The lowest BCUT2D eigenvalue weighted by Gasteiger charge is -2.10. The number of anilines is 1. The molecule has 1 aromatic carbocycles. The Kier molecular flexibility index (Phi) is 4.74. The number of halogens is 1. The summed E-state index contributed by atoms with van der Waals surface area (Å²) in [5.74, 6) is -0.0999. The summed E-state index contributed by atoms with van der Waals surface area (Å²) in [5.41, 5.74) is 0.770. The fourth-order valence-corrected chi connectivity index (χ4v) is 3.31. The zero-order valence-corrected chi connectivity index (χ0v) is 13.6. The molecule has 0 radical (unpaired) electrons. The molecule has 0 saturated carbocycles. The van der Waals surface area contributed by atoms with Crippen molar-refractivity contribution >= 4 is 37.4 Å². The van der Waals surface area contributed by atoms with E-state index in [1.165, 1.54) is 24.5 Å². The van der Waals surface area contributed by atoms with Crippen LogP contribution in [0.1, 0.15) is 23.7 Å². The van der Waals surface area contributed by atoms with Crippen molar-refractivity contribution in [2.24, 2.45) is 0 Å². The number of rotatable bonds is 5. The number of carbonyl (C=O) groups excluding carboxylic acids is 1. The highest BCUT2D eigenvalue weighted by Crippen LogP contribution is 2.24. The van der Waals surface area contributed by atoms with Crippen LogP contribution < -0.4 is 4.72 Å². The molecular formula is C14H13BrN2O3S. The van der Waals surface area contributed by atoms with E-state index in [0.29, 0.717) is 22.1 Å². The number of sulfonamides is 1. The molecule has 21 heavy (non-hydrogen) atoms. The van der Waals surface area contributed by atoms with Crippen LogP contribution in [0.4, 0.5) is 5.69 Å². The second-order valence-corrected chi connectivity index (χ2v) is 6.80. The van der Waals surface area contributed by atoms with E-state index in [4.69, 9.17) is 0 Å². The van der Waals surface area contributed by atoms with Gasteiger partial charge in [-0.25, -0.2) is 8.42 Å². The quantitative estimate of drug-likeness (QED) is 0.821. The molecule has 1 N–H and O–H groups in total. The molecule has 0 bridgehead atoms. The maximum Gasteiger partial charge on any atom is 0.261 e. The Labute approximate surface area is 131 Å². The smallest absolute Gasteiger partial charge is 0.261 e. The van der Waals surface area contributed by atoms with Gasteiger partial charge in [-0.3, -0.25) is 14.5 Å². The standard InChI is InChI=1S/C14H13BrN2O3S/c1-2-14(18)10-4-3-5-11(8-10)21(19,20)17-13-6-7-16-9-12(13)15/h3-9H,2H2,1H3,(H,16,17). The summed E-state index contributed by atoms with van der Waals surface area (Å²) in [6.07, 6.45) is 3.31. The van der Waals surface area contributed by atoms with Crippen LogP contribution in [0.2, 0.25) is 0 Å². The molecule has 0 unspecified atom stereocenters. The molecule has 0 aliphatic carbocycles. The van der Waals surface area contributed by atoms with Gasteiger partial charge < -0.3 is 0 Å². The molecule has 0 spiro atoms. The minimum absolute atomic E-state index is 0.0468. The molecule has 0 amide bonds. The molecule has 0 aliphatic rings. The maximum absolute atomic E-state index is 12.4. The average molecular weight is 369 g/mol. The highest BCUT2D eigenvalue weighted by molar-refractivity contribution is 9.10. The summed E-state index contributed by atoms with van der Waals surface area (Å²) in [4.78, 5) is 15.6. The van der Waals surface area contributed by atoms with Crippen LogP contribution in [0.25, 0.3) is 0 Å². The van der Waals surface area contributed by atoms with Crippen LogP contribution in [0.3, 0.4) is 0 Å². The second-order valence-electron chi connectivity index (χ2n) is 4.27. The summed E-state index contributed by atoms with van der Waals surface area (Å²) in [6, 6.07) is 7.53. The number of nitrogens with zero attached hydrogens (tertiary/aromatic N) is 1. The van der Waals surface area contributed by atoms with Gasteiger partial charge in [0.15, 0.2) is 5.78 Å². The lowest BCUT2D eigenvalue weighted by atomic mass is 10.1. The van der Waals surface area contributed by atoms with Crippen molar-refractivity contribution in [3.63, 3.8) is 0 Å². The Morgan fingerprint density at radius 3 is 2.76 bits per heavy atom. The van der Waals surface area contributed by atoms with E-state index in [-0.39, 0.29) is 10.7 Å². The number of Topliss-reactive ketones (excluding diaryl/α,β-unsaturated/α-hetero) is 1. The Hall–Kier alpha value is -1.73. The van der Waals surface area contributed by atoms with E-state index in [0.717, 1.165) is 0 Å². The second kappa shape index (κ2) is 6.36. The fourth-order valence-electron chi connectivity index (χ4n) is 1.70. The van der Waals surface area contributed by atoms with Crippen molar-refractivity contribution in [2.75, 3.05) is 4.72 Å². The first-order valence-corrected chi connectivity index (χ1v) is 8.47. The first kappa shape index (κ1) is 15.7. The van der Waals surface area contributed by atoms with E-state index < -0.39 is 10.0 Å². The number of pyridine rings is 1. The number of ketones is 1. The summed E-state index contributed by atoms with van der Waals surface area (Å²) in [7, 11) is -3.76. The van der Waals surface area contributed by atoms with Crippen molar-refractivity contribution in [2.45, 2.75) is 18.2 Å². The summed E-state index contributed by atoms with van der Waals surface area (Å²) >= 11 is 3.23. The Morgan fingerprint density at radius 1 is 1.33 bits per heavy atom. The highest BCUT2D eigenvalue weighted by atomic mass is 79.9. The molecule has 110 valence electrons. The predicted molar refractivity (Wildman–Crippen MR) is 83.8 cm³/mol. The van der Waals surface area contributed by atoms with E-state index in [2.05, 4.69) is 25.6 Å². The summed E-state index contributed by atoms with van der Waals surface area (Å²) < 4.78 is 27.7. The van der Waals surface area contributed by atoms with Crippen LogP contribution in [0, 0.1) is 0 Å². The average Bonchev–Trinajstić information content (AvgIpc) is 2.49. The van der Waals surface area contributed by atoms with Gasteiger partial charge in [0.25, 0.3) is 10.0 Å². The van der Waals surface area contributed by atoms with Gasteiger partial charge in [-0.2, -0.15) is 0 Å². The van der Waals surface area contributed by atoms with Crippen LogP contribution in [0.5, 0.6) is 0 Å². The first-order chi connectivity index (χ1) is 9.94. The molecule has 1 heterocycles. The van der Waals surface area contributed by atoms with Crippen LogP contribution in [-0.2, 0) is 10.0 Å². The van der Waals surface area contributed by atoms with E-state index in [9.17, 15) is 13.2 Å². The van der Waals surface area contributed by atoms with Gasteiger partial charge in [-0.15, -0.1) is 0 Å². The zero-order valence-electron chi connectivity index (χ0n) is 11.2.